The van der Waals surface area contributed by atoms with Crippen LogP contribution in [0.2, 0.25) is 0 Å². The highest BCUT2D eigenvalue weighted by atomic mass is 32.2. The smallest absolute Gasteiger partial charge is 0.348 e. The number of nitrogens with one attached hydrogen (secondary N) is 1. The number of ether oxygens (including phenoxy) is 1. The second-order valence-corrected chi connectivity index (χ2v) is 8.26. The summed E-state index contributed by atoms with van der Waals surface area (Å²) in [4.78, 5) is 34.6. The topological polar surface area (TPSA) is 81.2 Å². The third kappa shape index (κ3) is 4.34. The molecule has 3 aromatic rings. The number of rotatable bonds is 6. The van der Waals surface area contributed by atoms with Gasteiger partial charge in [0.25, 0.3) is 0 Å². The molecule has 8 heteroatoms. The van der Waals surface area contributed by atoms with Crippen LogP contribution in [0.4, 0.5) is 0 Å². The summed E-state index contributed by atoms with van der Waals surface area (Å²) in [6.07, 6.45) is 0. The van der Waals surface area contributed by atoms with Gasteiger partial charge in [-0.25, -0.2) is 14.8 Å². The van der Waals surface area contributed by atoms with E-state index >= 15 is 0 Å². The molecule has 1 N–H and O–H groups in total. The summed E-state index contributed by atoms with van der Waals surface area (Å²) in [7, 11) is 1.36. The quantitative estimate of drug-likeness (QED) is 0.371. The van der Waals surface area contributed by atoms with Gasteiger partial charge in [-0.05, 0) is 31.9 Å². The number of methoxy groups -OCH3 is 1. The number of amides is 1. The fraction of sp³-hybridized carbons (Fsp3) is 0.300. The SMILES string of the molecule is COC(=O)c1sc2nc(C)nc(SCC(=O)N[C@H](C)c3ccccc3)c2c1C. The summed E-state index contributed by atoms with van der Waals surface area (Å²) in [5.74, 6) is 0.368. The van der Waals surface area contributed by atoms with Crippen molar-refractivity contribution in [3.63, 3.8) is 0 Å². The van der Waals surface area contributed by atoms with Gasteiger partial charge in [0.2, 0.25) is 5.91 Å². The average molecular weight is 416 g/mol. The van der Waals surface area contributed by atoms with Crippen molar-refractivity contribution in [3.8, 4) is 0 Å². The molecule has 0 aliphatic rings. The molecule has 0 aliphatic carbocycles. The number of nitrogens with zero attached hydrogens (tertiary/aromatic N) is 2. The van der Waals surface area contributed by atoms with E-state index in [2.05, 4.69) is 15.3 Å². The highest BCUT2D eigenvalue weighted by Crippen LogP contribution is 2.35. The number of hydrogen-bond acceptors (Lipinski definition) is 7. The van der Waals surface area contributed by atoms with Crippen molar-refractivity contribution in [1.82, 2.24) is 15.3 Å². The van der Waals surface area contributed by atoms with Gasteiger partial charge in [0.05, 0.1) is 18.9 Å². The highest BCUT2D eigenvalue weighted by Gasteiger charge is 2.21. The monoisotopic (exact) mass is 415 g/mol. The lowest BCUT2D eigenvalue weighted by molar-refractivity contribution is -0.119. The first-order valence-electron chi connectivity index (χ1n) is 8.74. The molecule has 0 aliphatic heterocycles. The Morgan fingerprint density at radius 3 is 2.61 bits per heavy atom. The second-order valence-electron chi connectivity index (χ2n) is 6.29. The average Bonchev–Trinajstić information content (AvgIpc) is 3.02. The Kier molecular flexibility index (Phi) is 6.31. The zero-order valence-electron chi connectivity index (χ0n) is 16.1. The van der Waals surface area contributed by atoms with Gasteiger partial charge in [-0.3, -0.25) is 4.79 Å². The van der Waals surface area contributed by atoms with E-state index in [9.17, 15) is 9.59 Å². The minimum atomic E-state index is -0.386. The first-order valence-corrected chi connectivity index (χ1v) is 10.5. The molecule has 0 unspecified atom stereocenters. The lowest BCUT2D eigenvalue weighted by atomic mass is 10.1. The van der Waals surface area contributed by atoms with Crippen LogP contribution in [0, 0.1) is 13.8 Å². The van der Waals surface area contributed by atoms with E-state index in [4.69, 9.17) is 4.74 Å². The van der Waals surface area contributed by atoms with Gasteiger partial charge < -0.3 is 10.1 Å². The summed E-state index contributed by atoms with van der Waals surface area (Å²) in [6.45, 7) is 5.61. The van der Waals surface area contributed by atoms with Crippen molar-refractivity contribution in [1.29, 1.82) is 0 Å². The molecule has 2 aromatic heterocycles. The van der Waals surface area contributed by atoms with Gasteiger partial charge in [-0.15, -0.1) is 11.3 Å². The zero-order valence-corrected chi connectivity index (χ0v) is 17.7. The number of aromatic nitrogens is 2. The third-order valence-corrected chi connectivity index (χ3v) is 6.40. The van der Waals surface area contributed by atoms with E-state index < -0.39 is 0 Å². The number of aryl methyl sites for hydroxylation is 2. The molecule has 3 rings (SSSR count). The van der Waals surface area contributed by atoms with Gasteiger partial charge in [-0.1, -0.05) is 42.1 Å². The lowest BCUT2D eigenvalue weighted by Gasteiger charge is -2.14. The van der Waals surface area contributed by atoms with Gasteiger partial charge in [0.1, 0.15) is 20.6 Å². The molecule has 1 atom stereocenters. The number of benzene rings is 1. The van der Waals surface area contributed by atoms with Crippen LogP contribution in [0.1, 0.15) is 39.6 Å². The van der Waals surface area contributed by atoms with Crippen molar-refractivity contribution >= 4 is 45.2 Å². The van der Waals surface area contributed by atoms with Crippen LogP contribution in [-0.4, -0.2) is 34.7 Å². The summed E-state index contributed by atoms with van der Waals surface area (Å²) in [6, 6.07) is 9.74. The molecule has 0 spiro atoms. The maximum atomic E-state index is 12.4. The third-order valence-electron chi connectivity index (χ3n) is 4.26. The van der Waals surface area contributed by atoms with Crippen LogP contribution in [0.3, 0.4) is 0 Å². The van der Waals surface area contributed by atoms with Crippen LogP contribution >= 0.6 is 23.1 Å². The van der Waals surface area contributed by atoms with Crippen molar-refractivity contribution in [2.75, 3.05) is 12.9 Å². The van der Waals surface area contributed by atoms with E-state index in [-0.39, 0.29) is 23.7 Å². The Hall–Kier alpha value is -2.45. The number of thiophene rings is 1. The number of thioether (sulfide) groups is 1. The molecule has 0 saturated heterocycles. The van der Waals surface area contributed by atoms with Crippen LogP contribution in [0.25, 0.3) is 10.2 Å². The summed E-state index contributed by atoms with van der Waals surface area (Å²) in [5, 5.41) is 4.51. The molecule has 6 nitrogen and oxygen atoms in total. The summed E-state index contributed by atoms with van der Waals surface area (Å²) in [5.41, 5.74) is 1.84. The predicted octanol–water partition coefficient (Wildman–Crippen LogP) is 4.06. The van der Waals surface area contributed by atoms with Crippen molar-refractivity contribution in [2.24, 2.45) is 0 Å². The van der Waals surface area contributed by atoms with Crippen LogP contribution in [-0.2, 0) is 9.53 Å². The first kappa shape index (κ1) is 20.3. The van der Waals surface area contributed by atoms with Gasteiger partial charge in [0, 0.05) is 5.39 Å². The number of hydrogen-bond donors (Lipinski definition) is 1. The standard InChI is InChI=1S/C20H21N3O3S2/c1-11-16-18(22-13(3)23-19(16)28-17(11)20(25)26-4)27-10-15(24)21-12(2)14-8-6-5-7-9-14/h5-9,12H,10H2,1-4H3,(H,21,24)/t12-/m1/s1. The Morgan fingerprint density at radius 2 is 1.93 bits per heavy atom. The largest absolute Gasteiger partial charge is 0.465 e. The van der Waals surface area contributed by atoms with E-state index in [1.807, 2.05) is 44.2 Å². The molecule has 28 heavy (non-hydrogen) atoms. The lowest BCUT2D eigenvalue weighted by Crippen LogP contribution is -2.28. The Bertz CT molecular complexity index is 1020. The molecule has 1 aromatic carbocycles. The number of carbonyl (C=O) groups is 2. The van der Waals surface area contributed by atoms with E-state index in [1.165, 1.54) is 30.2 Å². The maximum absolute atomic E-state index is 12.4. The molecule has 1 amide bonds. The van der Waals surface area contributed by atoms with Crippen LogP contribution in [0.15, 0.2) is 35.4 Å². The number of carbonyl (C=O) groups excluding carboxylic acids is 2. The molecular weight excluding hydrogens is 394 g/mol. The molecule has 2 heterocycles. The molecular formula is C20H21N3O3S2. The van der Waals surface area contributed by atoms with Crippen molar-refractivity contribution in [3.05, 3.63) is 52.2 Å². The minimum absolute atomic E-state index is 0.0738. The molecule has 0 saturated carbocycles. The van der Waals surface area contributed by atoms with E-state index in [0.29, 0.717) is 15.7 Å². The van der Waals surface area contributed by atoms with E-state index in [1.54, 1.807) is 6.92 Å². The summed E-state index contributed by atoms with van der Waals surface area (Å²) < 4.78 is 4.85. The molecule has 146 valence electrons. The van der Waals surface area contributed by atoms with Gasteiger partial charge in [-0.2, -0.15) is 0 Å². The minimum Gasteiger partial charge on any atom is -0.465 e. The first-order chi connectivity index (χ1) is 13.4. The molecule has 0 fully saturated rings. The van der Waals surface area contributed by atoms with E-state index in [0.717, 1.165) is 21.3 Å². The normalized spacial score (nSPS) is 12.0. The number of esters is 1. The number of fused-ring (bicyclic) bond motifs is 1. The van der Waals surface area contributed by atoms with Gasteiger partial charge >= 0.3 is 5.97 Å². The van der Waals surface area contributed by atoms with Crippen molar-refractivity contribution < 1.29 is 14.3 Å². The predicted molar refractivity (Wildman–Crippen MR) is 112 cm³/mol. The van der Waals surface area contributed by atoms with Gasteiger partial charge in [0.15, 0.2) is 0 Å². The fourth-order valence-corrected chi connectivity index (χ4v) is 4.99. The van der Waals surface area contributed by atoms with Crippen LogP contribution in [0.5, 0.6) is 0 Å². The fourth-order valence-electron chi connectivity index (χ4n) is 2.84. The summed E-state index contributed by atoms with van der Waals surface area (Å²) >= 11 is 2.64. The molecule has 0 radical (unpaired) electrons. The highest BCUT2D eigenvalue weighted by molar-refractivity contribution is 8.00. The Morgan fingerprint density at radius 1 is 1.21 bits per heavy atom. The van der Waals surface area contributed by atoms with Crippen LogP contribution < -0.4 is 5.32 Å². The maximum Gasteiger partial charge on any atom is 0.348 e. The Balaban J connectivity index is 1.77. The molecule has 0 bridgehead atoms. The van der Waals surface area contributed by atoms with Crippen molar-refractivity contribution in [2.45, 2.75) is 31.8 Å². The second kappa shape index (κ2) is 8.70. The zero-order chi connectivity index (χ0) is 20.3. The Labute approximate surface area is 171 Å².